The van der Waals surface area contributed by atoms with Crippen molar-refractivity contribution in [1.29, 1.82) is 0 Å². The molecule has 0 bridgehead atoms. The average Bonchev–Trinajstić information content (AvgIpc) is 2.71. The maximum Gasteiger partial charge on any atom is 0.234 e. The van der Waals surface area contributed by atoms with Crippen molar-refractivity contribution in [1.82, 2.24) is 15.2 Å². The molecule has 28 heavy (non-hydrogen) atoms. The summed E-state index contributed by atoms with van der Waals surface area (Å²) < 4.78 is 13.4. The van der Waals surface area contributed by atoms with Crippen molar-refractivity contribution in [2.24, 2.45) is 0 Å². The molecule has 0 fully saturated rings. The van der Waals surface area contributed by atoms with Gasteiger partial charge in [-0.15, -0.1) is 0 Å². The Labute approximate surface area is 165 Å². The lowest BCUT2D eigenvalue weighted by Gasteiger charge is -2.28. The van der Waals surface area contributed by atoms with Crippen LogP contribution in [0.2, 0.25) is 0 Å². The van der Waals surface area contributed by atoms with Gasteiger partial charge < -0.3 is 5.32 Å². The summed E-state index contributed by atoms with van der Waals surface area (Å²) in [6.07, 6.45) is 4.26. The van der Waals surface area contributed by atoms with E-state index >= 15 is 0 Å². The maximum atomic E-state index is 13.4. The molecule has 1 heterocycles. The summed E-state index contributed by atoms with van der Waals surface area (Å²) in [6.45, 7) is 0.816. The van der Waals surface area contributed by atoms with Crippen molar-refractivity contribution in [3.63, 3.8) is 0 Å². The second-order valence-corrected chi connectivity index (χ2v) is 6.74. The van der Waals surface area contributed by atoms with E-state index in [9.17, 15) is 9.18 Å². The molecule has 0 spiro atoms. The fraction of sp³-hybridized carbons (Fsp3) is 0.217. The average molecular weight is 377 g/mol. The van der Waals surface area contributed by atoms with E-state index in [4.69, 9.17) is 0 Å². The first-order chi connectivity index (χ1) is 13.6. The second-order valence-electron chi connectivity index (χ2n) is 6.74. The lowest BCUT2D eigenvalue weighted by atomic mass is 9.97. The molecule has 3 rings (SSSR count). The van der Waals surface area contributed by atoms with Crippen molar-refractivity contribution in [2.45, 2.75) is 12.5 Å². The van der Waals surface area contributed by atoms with Crippen molar-refractivity contribution in [2.75, 3.05) is 20.1 Å². The molecule has 1 aromatic heterocycles. The van der Waals surface area contributed by atoms with Gasteiger partial charge in [0.1, 0.15) is 5.82 Å². The van der Waals surface area contributed by atoms with Crippen LogP contribution in [0, 0.1) is 5.82 Å². The molecule has 0 radical (unpaired) electrons. The standard InChI is InChI=1S/C23H24FN3O/c1-27(17-22(28)26-16-13-18-11-14-25-15-12-18)23(19-5-3-2-4-6-19)20-7-9-21(24)10-8-20/h2-12,14-15,23H,13,16-17H2,1H3,(H,26,28). The van der Waals surface area contributed by atoms with Crippen LogP contribution in [0.25, 0.3) is 0 Å². The molecule has 1 N–H and O–H groups in total. The van der Waals surface area contributed by atoms with Gasteiger partial charge in [0.15, 0.2) is 0 Å². The van der Waals surface area contributed by atoms with Crippen molar-refractivity contribution >= 4 is 5.91 Å². The van der Waals surface area contributed by atoms with Crippen LogP contribution in [0.3, 0.4) is 0 Å². The number of hydrogen-bond acceptors (Lipinski definition) is 3. The highest BCUT2D eigenvalue weighted by atomic mass is 19.1. The molecular weight excluding hydrogens is 353 g/mol. The van der Waals surface area contributed by atoms with Gasteiger partial charge in [0.05, 0.1) is 12.6 Å². The predicted octanol–water partition coefficient (Wildman–Crippen LogP) is 3.60. The van der Waals surface area contributed by atoms with Crippen LogP contribution in [-0.2, 0) is 11.2 Å². The number of nitrogens with zero attached hydrogens (tertiary/aromatic N) is 2. The Kier molecular flexibility index (Phi) is 6.87. The Morgan fingerprint density at radius 3 is 2.32 bits per heavy atom. The summed E-state index contributed by atoms with van der Waals surface area (Å²) in [5.41, 5.74) is 3.14. The SMILES string of the molecule is CN(CC(=O)NCCc1ccncc1)C(c1ccccc1)c1ccc(F)cc1. The molecule has 0 aliphatic rings. The third kappa shape index (κ3) is 5.47. The highest BCUT2D eigenvalue weighted by Crippen LogP contribution is 2.27. The number of likely N-dealkylation sites (N-methyl/N-ethyl adjacent to an activating group) is 1. The zero-order chi connectivity index (χ0) is 19.8. The third-order valence-electron chi connectivity index (χ3n) is 4.62. The van der Waals surface area contributed by atoms with Gasteiger partial charge in [0.2, 0.25) is 5.91 Å². The molecule has 3 aromatic rings. The smallest absolute Gasteiger partial charge is 0.234 e. The zero-order valence-corrected chi connectivity index (χ0v) is 15.9. The molecule has 0 aliphatic heterocycles. The van der Waals surface area contributed by atoms with Crippen LogP contribution in [0.15, 0.2) is 79.1 Å². The number of hydrogen-bond donors (Lipinski definition) is 1. The number of benzene rings is 2. The van der Waals surface area contributed by atoms with E-state index < -0.39 is 0 Å². The predicted molar refractivity (Wildman–Crippen MR) is 108 cm³/mol. The summed E-state index contributed by atoms with van der Waals surface area (Å²) in [7, 11) is 1.91. The summed E-state index contributed by atoms with van der Waals surface area (Å²) in [6, 6.07) is 20.1. The number of carbonyl (C=O) groups is 1. The van der Waals surface area contributed by atoms with Gasteiger partial charge >= 0.3 is 0 Å². The Bertz CT molecular complexity index is 869. The Morgan fingerprint density at radius 2 is 1.64 bits per heavy atom. The molecule has 4 nitrogen and oxygen atoms in total. The molecule has 0 aliphatic carbocycles. The van der Waals surface area contributed by atoms with E-state index in [0.717, 1.165) is 23.1 Å². The van der Waals surface area contributed by atoms with Crippen LogP contribution in [0.1, 0.15) is 22.7 Å². The van der Waals surface area contributed by atoms with Crippen LogP contribution in [-0.4, -0.2) is 35.9 Å². The van der Waals surface area contributed by atoms with E-state index in [0.29, 0.717) is 6.54 Å². The molecule has 1 unspecified atom stereocenters. The van der Waals surface area contributed by atoms with Crippen molar-refractivity contribution in [3.8, 4) is 0 Å². The summed E-state index contributed by atoms with van der Waals surface area (Å²) in [5, 5.41) is 2.97. The first-order valence-corrected chi connectivity index (χ1v) is 9.30. The number of halogens is 1. The van der Waals surface area contributed by atoms with E-state index in [1.54, 1.807) is 24.5 Å². The largest absolute Gasteiger partial charge is 0.355 e. The van der Waals surface area contributed by atoms with Crippen LogP contribution in [0.4, 0.5) is 4.39 Å². The maximum absolute atomic E-state index is 13.4. The van der Waals surface area contributed by atoms with Crippen molar-refractivity contribution < 1.29 is 9.18 Å². The highest BCUT2D eigenvalue weighted by Gasteiger charge is 2.21. The lowest BCUT2D eigenvalue weighted by Crippen LogP contribution is -2.38. The number of pyridine rings is 1. The van der Waals surface area contributed by atoms with Crippen molar-refractivity contribution in [3.05, 3.63) is 102 Å². The zero-order valence-electron chi connectivity index (χ0n) is 15.9. The first-order valence-electron chi connectivity index (χ1n) is 9.30. The quantitative estimate of drug-likeness (QED) is 0.652. The fourth-order valence-corrected chi connectivity index (χ4v) is 3.25. The number of aromatic nitrogens is 1. The number of rotatable bonds is 8. The number of carbonyl (C=O) groups excluding carboxylic acids is 1. The van der Waals surface area contributed by atoms with Gasteiger partial charge in [-0.2, -0.15) is 0 Å². The monoisotopic (exact) mass is 377 g/mol. The normalized spacial score (nSPS) is 12.0. The fourth-order valence-electron chi connectivity index (χ4n) is 3.25. The molecule has 0 saturated heterocycles. The third-order valence-corrected chi connectivity index (χ3v) is 4.62. The van der Waals surface area contributed by atoms with Gasteiger partial charge in [-0.05, 0) is 54.4 Å². The minimum absolute atomic E-state index is 0.0420. The minimum Gasteiger partial charge on any atom is -0.355 e. The van der Waals surface area contributed by atoms with Gasteiger partial charge in [0, 0.05) is 18.9 Å². The number of amides is 1. The van der Waals surface area contributed by atoms with Gasteiger partial charge in [0.25, 0.3) is 0 Å². The molecule has 1 amide bonds. The molecule has 144 valence electrons. The molecular formula is C23H24FN3O. The van der Waals surface area contributed by atoms with Gasteiger partial charge in [-0.1, -0.05) is 42.5 Å². The van der Waals surface area contributed by atoms with E-state index in [2.05, 4.69) is 10.3 Å². The molecule has 5 heteroatoms. The number of nitrogens with one attached hydrogen (secondary N) is 1. The summed E-state index contributed by atoms with van der Waals surface area (Å²) in [4.78, 5) is 18.4. The van der Waals surface area contributed by atoms with E-state index in [-0.39, 0.29) is 24.3 Å². The van der Waals surface area contributed by atoms with Gasteiger partial charge in [-0.3, -0.25) is 14.7 Å². The van der Waals surface area contributed by atoms with E-state index in [1.165, 1.54) is 12.1 Å². The summed E-state index contributed by atoms with van der Waals surface area (Å²) in [5.74, 6) is -0.313. The lowest BCUT2D eigenvalue weighted by molar-refractivity contribution is -0.122. The highest BCUT2D eigenvalue weighted by molar-refractivity contribution is 5.78. The summed E-state index contributed by atoms with van der Waals surface area (Å²) >= 11 is 0. The molecule has 1 atom stereocenters. The Morgan fingerprint density at radius 1 is 1.00 bits per heavy atom. The van der Waals surface area contributed by atoms with Crippen LogP contribution < -0.4 is 5.32 Å². The molecule has 0 saturated carbocycles. The van der Waals surface area contributed by atoms with E-state index in [1.807, 2.05) is 54.4 Å². The first kappa shape index (κ1) is 19.7. The topological polar surface area (TPSA) is 45.2 Å². The Hall–Kier alpha value is -3.05. The minimum atomic E-state index is -0.271. The Balaban J connectivity index is 1.64. The molecule has 2 aromatic carbocycles. The van der Waals surface area contributed by atoms with Crippen LogP contribution in [0.5, 0.6) is 0 Å². The van der Waals surface area contributed by atoms with Gasteiger partial charge in [-0.25, -0.2) is 4.39 Å². The second kappa shape index (κ2) is 9.76. The van der Waals surface area contributed by atoms with Crippen LogP contribution >= 0.6 is 0 Å².